The normalized spacial score (nSPS) is 11.1. The summed E-state index contributed by atoms with van der Waals surface area (Å²) >= 11 is 0. The van der Waals surface area contributed by atoms with E-state index >= 15 is 0 Å². The van der Waals surface area contributed by atoms with Crippen molar-refractivity contribution in [3.63, 3.8) is 0 Å². The van der Waals surface area contributed by atoms with Crippen LogP contribution in [0.1, 0.15) is 11.6 Å². The molecule has 28 heavy (non-hydrogen) atoms. The van der Waals surface area contributed by atoms with E-state index in [4.69, 9.17) is 14.5 Å². The number of nitrogens with zero attached hydrogens (tertiary/aromatic N) is 2. The van der Waals surface area contributed by atoms with E-state index in [0.29, 0.717) is 17.0 Å². The number of carbonyl (C=O) groups is 2. The number of imidazole rings is 1. The largest absolute Gasteiger partial charge is 0.468 e. The number of rotatable bonds is 4. The second-order valence-corrected chi connectivity index (χ2v) is 6.32. The van der Waals surface area contributed by atoms with Gasteiger partial charge >= 0.3 is 11.9 Å². The molecule has 0 spiro atoms. The number of hydrogen-bond acceptors (Lipinski definition) is 5. The molecule has 0 aliphatic heterocycles. The summed E-state index contributed by atoms with van der Waals surface area (Å²) in [5, 5.41) is 2.13. The lowest BCUT2D eigenvalue weighted by Crippen LogP contribution is -2.26. The van der Waals surface area contributed by atoms with E-state index in [1.165, 1.54) is 14.2 Å². The molecule has 2 heterocycles. The quantitative estimate of drug-likeness (QED) is 0.403. The van der Waals surface area contributed by atoms with E-state index in [9.17, 15) is 9.59 Å². The summed E-state index contributed by atoms with van der Waals surface area (Å²) in [5.41, 5.74) is 2.39. The molecule has 2 aromatic carbocycles. The van der Waals surface area contributed by atoms with Crippen LogP contribution < -0.4 is 0 Å². The number of aromatic nitrogens is 2. The smallest absolute Gasteiger partial charge is 0.326 e. The molecule has 0 amide bonds. The fraction of sp³-hybridized carbons (Fsp3) is 0.136. The minimum absolute atomic E-state index is 0.421. The van der Waals surface area contributed by atoms with Crippen LogP contribution in [0.15, 0.2) is 66.9 Å². The van der Waals surface area contributed by atoms with Gasteiger partial charge in [0, 0.05) is 11.8 Å². The van der Waals surface area contributed by atoms with E-state index in [1.54, 1.807) is 10.6 Å². The van der Waals surface area contributed by atoms with E-state index in [2.05, 4.69) is 0 Å². The van der Waals surface area contributed by atoms with Gasteiger partial charge in [0.1, 0.15) is 5.65 Å². The number of esters is 2. The van der Waals surface area contributed by atoms with Gasteiger partial charge in [-0.25, -0.2) is 4.98 Å². The SMILES string of the molecule is COC(=O)C(C(=O)OC)c1c(-c2ccc3ccccc3c2)nc2ccccn12. The Kier molecular flexibility index (Phi) is 4.53. The van der Waals surface area contributed by atoms with Crippen molar-refractivity contribution in [3.8, 4) is 11.3 Å². The van der Waals surface area contributed by atoms with Crippen LogP contribution in [0.3, 0.4) is 0 Å². The van der Waals surface area contributed by atoms with E-state index in [-0.39, 0.29) is 0 Å². The van der Waals surface area contributed by atoms with Gasteiger partial charge in [0.2, 0.25) is 0 Å². The Labute approximate surface area is 161 Å². The Hall–Kier alpha value is -3.67. The molecule has 2 aromatic heterocycles. The van der Waals surface area contributed by atoms with E-state index in [1.807, 2.05) is 60.7 Å². The maximum absolute atomic E-state index is 12.5. The maximum Gasteiger partial charge on any atom is 0.326 e. The first-order valence-electron chi connectivity index (χ1n) is 8.76. The molecule has 0 atom stereocenters. The van der Waals surface area contributed by atoms with Gasteiger partial charge in [0.15, 0.2) is 5.92 Å². The number of pyridine rings is 1. The fourth-order valence-corrected chi connectivity index (χ4v) is 3.39. The van der Waals surface area contributed by atoms with Crippen LogP contribution in [0.4, 0.5) is 0 Å². The zero-order chi connectivity index (χ0) is 19.7. The highest BCUT2D eigenvalue weighted by atomic mass is 16.5. The van der Waals surface area contributed by atoms with Gasteiger partial charge < -0.3 is 13.9 Å². The molecular formula is C22H18N2O4. The zero-order valence-electron chi connectivity index (χ0n) is 15.5. The van der Waals surface area contributed by atoms with Gasteiger partial charge in [-0.3, -0.25) is 9.59 Å². The second kappa shape index (κ2) is 7.15. The predicted octanol–water partition coefficient (Wildman–Crippen LogP) is 3.58. The van der Waals surface area contributed by atoms with Gasteiger partial charge in [-0.2, -0.15) is 0 Å². The van der Waals surface area contributed by atoms with Crippen molar-refractivity contribution in [2.24, 2.45) is 0 Å². The Morgan fingerprint density at radius 2 is 1.57 bits per heavy atom. The molecule has 0 bridgehead atoms. The van der Waals surface area contributed by atoms with Gasteiger partial charge in [-0.1, -0.05) is 42.5 Å². The van der Waals surface area contributed by atoms with Crippen molar-refractivity contribution < 1.29 is 19.1 Å². The number of ether oxygens (including phenoxy) is 2. The molecule has 0 unspecified atom stereocenters. The standard InChI is InChI=1S/C22H18N2O4/c1-27-21(25)18(22(26)28-2)20-19(23-17-9-5-6-12-24(17)20)16-11-10-14-7-3-4-8-15(14)13-16/h3-13,18H,1-2H3. The van der Waals surface area contributed by atoms with E-state index in [0.717, 1.165) is 16.3 Å². The van der Waals surface area contributed by atoms with Crippen molar-refractivity contribution >= 4 is 28.4 Å². The molecule has 6 heteroatoms. The van der Waals surface area contributed by atoms with Gasteiger partial charge in [0.05, 0.1) is 25.6 Å². The van der Waals surface area contributed by atoms with Crippen LogP contribution in [-0.4, -0.2) is 35.5 Å². The van der Waals surface area contributed by atoms with Gasteiger partial charge in [-0.05, 0) is 29.0 Å². The Bertz CT molecular complexity index is 1180. The average molecular weight is 374 g/mol. The number of carbonyl (C=O) groups excluding carboxylic acids is 2. The van der Waals surface area contributed by atoms with Crippen molar-refractivity contribution in [2.45, 2.75) is 5.92 Å². The molecule has 4 rings (SSSR count). The lowest BCUT2D eigenvalue weighted by molar-refractivity contribution is -0.154. The Balaban J connectivity index is 2.01. The van der Waals surface area contributed by atoms with Crippen LogP contribution in [0.25, 0.3) is 27.7 Å². The third-order valence-electron chi connectivity index (χ3n) is 4.74. The minimum atomic E-state index is -1.24. The first-order chi connectivity index (χ1) is 13.6. The molecule has 6 nitrogen and oxygen atoms in total. The van der Waals surface area contributed by atoms with Crippen LogP contribution in [-0.2, 0) is 19.1 Å². The summed E-state index contributed by atoms with van der Waals surface area (Å²) in [6.45, 7) is 0. The van der Waals surface area contributed by atoms with Crippen molar-refractivity contribution in [1.29, 1.82) is 0 Å². The molecule has 0 saturated carbocycles. The summed E-state index contributed by atoms with van der Waals surface area (Å²) in [7, 11) is 2.49. The fourth-order valence-electron chi connectivity index (χ4n) is 3.39. The molecule has 0 aliphatic carbocycles. The van der Waals surface area contributed by atoms with Gasteiger partial charge in [-0.15, -0.1) is 0 Å². The summed E-state index contributed by atoms with van der Waals surface area (Å²) in [4.78, 5) is 29.7. The Morgan fingerprint density at radius 3 is 2.29 bits per heavy atom. The summed E-state index contributed by atoms with van der Waals surface area (Å²) in [6, 6.07) is 19.4. The highest BCUT2D eigenvalue weighted by Gasteiger charge is 2.36. The number of hydrogen-bond donors (Lipinski definition) is 0. The number of methoxy groups -OCH3 is 2. The van der Waals surface area contributed by atoms with Crippen molar-refractivity contribution in [1.82, 2.24) is 9.38 Å². The van der Waals surface area contributed by atoms with Crippen molar-refractivity contribution in [3.05, 3.63) is 72.6 Å². The molecule has 140 valence electrons. The first kappa shape index (κ1) is 17.7. The zero-order valence-corrected chi connectivity index (χ0v) is 15.5. The predicted molar refractivity (Wildman–Crippen MR) is 105 cm³/mol. The molecule has 0 fully saturated rings. The lowest BCUT2D eigenvalue weighted by atomic mass is 9.98. The van der Waals surface area contributed by atoms with E-state index < -0.39 is 17.9 Å². The second-order valence-electron chi connectivity index (χ2n) is 6.32. The van der Waals surface area contributed by atoms with Crippen LogP contribution in [0.5, 0.6) is 0 Å². The molecule has 0 radical (unpaired) electrons. The van der Waals surface area contributed by atoms with Crippen LogP contribution >= 0.6 is 0 Å². The average Bonchev–Trinajstić information content (AvgIpc) is 3.12. The lowest BCUT2D eigenvalue weighted by Gasteiger charge is -2.14. The third-order valence-corrected chi connectivity index (χ3v) is 4.74. The summed E-state index contributed by atoms with van der Waals surface area (Å²) in [6.07, 6.45) is 1.76. The maximum atomic E-state index is 12.5. The third kappa shape index (κ3) is 2.89. The Morgan fingerprint density at radius 1 is 0.893 bits per heavy atom. The monoisotopic (exact) mass is 374 g/mol. The molecule has 4 aromatic rings. The molecule has 0 aliphatic rings. The highest BCUT2D eigenvalue weighted by molar-refractivity contribution is 6.02. The summed E-state index contributed by atoms with van der Waals surface area (Å²) < 4.78 is 11.5. The van der Waals surface area contributed by atoms with Crippen LogP contribution in [0.2, 0.25) is 0 Å². The molecule has 0 N–H and O–H groups in total. The minimum Gasteiger partial charge on any atom is -0.468 e. The number of fused-ring (bicyclic) bond motifs is 2. The molecular weight excluding hydrogens is 356 g/mol. The highest BCUT2D eigenvalue weighted by Crippen LogP contribution is 2.33. The molecule has 0 saturated heterocycles. The first-order valence-corrected chi connectivity index (χ1v) is 8.76. The van der Waals surface area contributed by atoms with Gasteiger partial charge in [0.25, 0.3) is 0 Å². The topological polar surface area (TPSA) is 69.9 Å². The number of benzene rings is 2. The van der Waals surface area contributed by atoms with Crippen LogP contribution in [0, 0.1) is 0 Å². The summed E-state index contributed by atoms with van der Waals surface area (Å²) in [5.74, 6) is -2.63. The van der Waals surface area contributed by atoms with Crippen molar-refractivity contribution in [2.75, 3.05) is 14.2 Å².